The molecule has 1 aliphatic heterocycles. The molecule has 0 saturated carbocycles. The van der Waals surface area contributed by atoms with E-state index in [0.717, 1.165) is 11.3 Å². The monoisotopic (exact) mass is 222 g/mol. The largest absolute Gasteiger partial charge is 0.324 e. The van der Waals surface area contributed by atoms with Crippen LogP contribution in [0.2, 0.25) is 5.02 Å². The molecule has 4 heteroatoms. The van der Waals surface area contributed by atoms with Crippen LogP contribution in [-0.4, -0.2) is 12.5 Å². The fourth-order valence-electron chi connectivity index (χ4n) is 1.67. The highest BCUT2D eigenvalue weighted by atomic mass is 35.5. The van der Waals surface area contributed by atoms with Crippen molar-refractivity contribution in [3.63, 3.8) is 0 Å². The Morgan fingerprint density at radius 2 is 2.40 bits per heavy atom. The van der Waals surface area contributed by atoms with E-state index in [4.69, 9.17) is 11.6 Å². The molecule has 2 N–H and O–H groups in total. The van der Waals surface area contributed by atoms with Crippen LogP contribution in [0.4, 0.5) is 5.69 Å². The summed E-state index contributed by atoms with van der Waals surface area (Å²) in [7, 11) is 0. The van der Waals surface area contributed by atoms with E-state index in [1.165, 1.54) is 0 Å². The SMILES string of the molecule is C=CCNC1C(=O)Nc2cccc(Cl)c21. The Kier molecular flexibility index (Phi) is 2.75. The standard InChI is InChI=1S/C11H11ClN2O/c1-2-6-13-10-9-7(12)4-3-5-8(9)14-11(10)15/h2-5,10,13H,1,6H2,(H,14,15). The van der Waals surface area contributed by atoms with Crippen LogP contribution in [0.15, 0.2) is 30.9 Å². The number of carbonyl (C=O) groups is 1. The van der Waals surface area contributed by atoms with E-state index in [1.807, 2.05) is 12.1 Å². The van der Waals surface area contributed by atoms with Crippen molar-refractivity contribution in [1.82, 2.24) is 5.32 Å². The zero-order chi connectivity index (χ0) is 10.8. The van der Waals surface area contributed by atoms with Crippen LogP contribution < -0.4 is 10.6 Å². The number of amides is 1. The molecule has 15 heavy (non-hydrogen) atoms. The Morgan fingerprint density at radius 1 is 1.60 bits per heavy atom. The third kappa shape index (κ3) is 1.76. The van der Waals surface area contributed by atoms with Crippen molar-refractivity contribution in [2.24, 2.45) is 0 Å². The van der Waals surface area contributed by atoms with Crippen molar-refractivity contribution in [2.45, 2.75) is 6.04 Å². The molecule has 0 fully saturated rings. The molecular formula is C11H11ClN2O. The van der Waals surface area contributed by atoms with Gasteiger partial charge in [-0.3, -0.25) is 10.1 Å². The smallest absolute Gasteiger partial charge is 0.246 e. The number of carbonyl (C=O) groups excluding carboxylic acids is 1. The second-order valence-electron chi connectivity index (χ2n) is 3.32. The van der Waals surface area contributed by atoms with Crippen molar-refractivity contribution in [3.05, 3.63) is 41.4 Å². The van der Waals surface area contributed by atoms with Gasteiger partial charge in [-0.15, -0.1) is 6.58 Å². The fraction of sp³-hybridized carbons (Fsp3) is 0.182. The maximum atomic E-state index is 11.6. The first kappa shape index (κ1) is 10.2. The Labute approximate surface area is 93.1 Å². The van der Waals surface area contributed by atoms with E-state index in [2.05, 4.69) is 17.2 Å². The van der Waals surface area contributed by atoms with Gasteiger partial charge < -0.3 is 5.32 Å². The van der Waals surface area contributed by atoms with E-state index in [1.54, 1.807) is 12.1 Å². The van der Waals surface area contributed by atoms with Gasteiger partial charge in [-0.05, 0) is 12.1 Å². The number of benzene rings is 1. The number of fused-ring (bicyclic) bond motifs is 1. The minimum Gasteiger partial charge on any atom is -0.324 e. The lowest BCUT2D eigenvalue weighted by atomic mass is 10.1. The molecule has 1 aliphatic rings. The third-order valence-electron chi connectivity index (χ3n) is 2.33. The van der Waals surface area contributed by atoms with Crippen LogP contribution in [-0.2, 0) is 4.79 Å². The third-order valence-corrected chi connectivity index (χ3v) is 2.66. The topological polar surface area (TPSA) is 41.1 Å². The van der Waals surface area contributed by atoms with Crippen molar-refractivity contribution < 1.29 is 4.79 Å². The molecule has 1 unspecified atom stereocenters. The van der Waals surface area contributed by atoms with Crippen LogP contribution in [0.5, 0.6) is 0 Å². The summed E-state index contributed by atoms with van der Waals surface area (Å²) in [6.07, 6.45) is 1.71. The Bertz CT molecular complexity index is 417. The molecule has 0 spiro atoms. The molecule has 0 aromatic heterocycles. The molecular weight excluding hydrogens is 212 g/mol. The van der Waals surface area contributed by atoms with E-state index < -0.39 is 0 Å². The van der Waals surface area contributed by atoms with Gasteiger partial charge in [-0.2, -0.15) is 0 Å². The minimum atomic E-state index is -0.369. The van der Waals surface area contributed by atoms with E-state index in [0.29, 0.717) is 11.6 Å². The van der Waals surface area contributed by atoms with Gasteiger partial charge >= 0.3 is 0 Å². The number of nitrogens with one attached hydrogen (secondary N) is 2. The first-order chi connectivity index (χ1) is 7.24. The second-order valence-corrected chi connectivity index (χ2v) is 3.73. The number of hydrogen-bond donors (Lipinski definition) is 2. The van der Waals surface area contributed by atoms with Crippen LogP contribution in [0.3, 0.4) is 0 Å². The molecule has 1 heterocycles. The van der Waals surface area contributed by atoms with Gasteiger partial charge in [0.1, 0.15) is 6.04 Å². The summed E-state index contributed by atoms with van der Waals surface area (Å²) in [4.78, 5) is 11.6. The van der Waals surface area contributed by atoms with Gasteiger partial charge in [0, 0.05) is 22.8 Å². The number of rotatable bonds is 3. The average Bonchev–Trinajstić information content (AvgIpc) is 2.53. The molecule has 1 aromatic carbocycles. The summed E-state index contributed by atoms with van der Waals surface area (Å²) in [6.45, 7) is 4.17. The van der Waals surface area contributed by atoms with Gasteiger partial charge in [0.25, 0.3) is 0 Å². The summed E-state index contributed by atoms with van der Waals surface area (Å²) in [5.74, 6) is -0.0695. The Morgan fingerprint density at radius 3 is 3.13 bits per heavy atom. The first-order valence-corrected chi connectivity index (χ1v) is 5.05. The highest BCUT2D eigenvalue weighted by Gasteiger charge is 2.31. The maximum absolute atomic E-state index is 11.6. The second kappa shape index (κ2) is 4.04. The average molecular weight is 223 g/mol. The quantitative estimate of drug-likeness (QED) is 0.770. The van der Waals surface area contributed by atoms with Crippen molar-refractivity contribution in [2.75, 3.05) is 11.9 Å². The number of hydrogen-bond acceptors (Lipinski definition) is 2. The van der Waals surface area contributed by atoms with Gasteiger partial charge in [0.15, 0.2) is 0 Å². The van der Waals surface area contributed by atoms with Crippen molar-refractivity contribution in [3.8, 4) is 0 Å². The van der Waals surface area contributed by atoms with Crippen molar-refractivity contribution >= 4 is 23.2 Å². The lowest BCUT2D eigenvalue weighted by molar-refractivity contribution is -0.117. The summed E-state index contributed by atoms with van der Waals surface area (Å²) < 4.78 is 0. The molecule has 0 saturated heterocycles. The summed E-state index contributed by atoms with van der Waals surface area (Å²) in [6, 6.07) is 5.07. The van der Waals surface area contributed by atoms with Gasteiger partial charge in [0.2, 0.25) is 5.91 Å². The van der Waals surface area contributed by atoms with Crippen LogP contribution >= 0.6 is 11.6 Å². The molecule has 0 bridgehead atoms. The highest BCUT2D eigenvalue weighted by molar-refractivity contribution is 6.32. The molecule has 0 aliphatic carbocycles. The first-order valence-electron chi connectivity index (χ1n) is 4.67. The summed E-state index contributed by atoms with van der Waals surface area (Å²) >= 11 is 6.05. The molecule has 78 valence electrons. The Balaban J connectivity index is 2.35. The summed E-state index contributed by atoms with van der Waals surface area (Å²) in [5, 5.41) is 6.44. The fourth-order valence-corrected chi connectivity index (χ4v) is 1.96. The van der Waals surface area contributed by atoms with Gasteiger partial charge in [-0.1, -0.05) is 23.7 Å². The summed E-state index contributed by atoms with van der Waals surface area (Å²) in [5.41, 5.74) is 1.61. The van der Waals surface area contributed by atoms with E-state index in [9.17, 15) is 4.79 Å². The van der Waals surface area contributed by atoms with Crippen LogP contribution in [0.25, 0.3) is 0 Å². The predicted octanol–water partition coefficient (Wildman–Crippen LogP) is 2.11. The van der Waals surface area contributed by atoms with E-state index >= 15 is 0 Å². The lowest BCUT2D eigenvalue weighted by Gasteiger charge is -2.10. The molecule has 1 aromatic rings. The number of halogens is 1. The van der Waals surface area contributed by atoms with E-state index in [-0.39, 0.29) is 11.9 Å². The van der Waals surface area contributed by atoms with Gasteiger partial charge in [-0.25, -0.2) is 0 Å². The molecule has 2 rings (SSSR count). The molecule has 3 nitrogen and oxygen atoms in total. The lowest BCUT2D eigenvalue weighted by Crippen LogP contribution is -2.27. The highest BCUT2D eigenvalue weighted by Crippen LogP contribution is 2.35. The maximum Gasteiger partial charge on any atom is 0.246 e. The molecule has 1 atom stereocenters. The molecule has 0 radical (unpaired) electrons. The normalized spacial score (nSPS) is 18.5. The Hall–Kier alpha value is -1.32. The zero-order valence-corrected chi connectivity index (χ0v) is 8.84. The zero-order valence-electron chi connectivity index (χ0n) is 8.09. The van der Waals surface area contributed by atoms with Crippen LogP contribution in [0.1, 0.15) is 11.6 Å². The van der Waals surface area contributed by atoms with Gasteiger partial charge in [0.05, 0.1) is 0 Å². The van der Waals surface area contributed by atoms with Crippen LogP contribution in [0, 0.1) is 0 Å². The van der Waals surface area contributed by atoms with Crippen molar-refractivity contribution in [1.29, 1.82) is 0 Å². The molecule has 1 amide bonds. The predicted molar refractivity (Wildman–Crippen MR) is 61.0 cm³/mol. The number of anilines is 1. The minimum absolute atomic E-state index is 0.0695.